The second-order valence-electron chi connectivity index (χ2n) is 4.69. The van der Waals surface area contributed by atoms with Crippen molar-refractivity contribution in [2.24, 2.45) is 0 Å². The molecule has 0 aliphatic carbocycles. The number of nitrogens with one attached hydrogen (secondary N) is 2. The lowest BCUT2D eigenvalue weighted by molar-refractivity contribution is -0.141. The average molecular weight is 354 g/mol. The number of nitriles is 1. The van der Waals surface area contributed by atoms with Crippen LogP contribution in [-0.2, 0) is 6.18 Å². The van der Waals surface area contributed by atoms with Crippen LogP contribution in [0.5, 0.6) is 0 Å². The summed E-state index contributed by atoms with van der Waals surface area (Å²) >= 11 is 1.92. The van der Waals surface area contributed by atoms with Crippen LogP contribution in [0.4, 0.5) is 18.9 Å². The number of aromatic nitrogens is 2. The fourth-order valence-corrected chi connectivity index (χ4v) is 3.65. The van der Waals surface area contributed by atoms with Crippen LogP contribution in [0, 0.1) is 18.3 Å². The Bertz CT molecular complexity index is 905. The molecule has 0 unspecified atom stereocenters. The summed E-state index contributed by atoms with van der Waals surface area (Å²) in [5, 5.41) is 10.9. The molecule has 0 spiro atoms. The molecule has 1 aromatic carbocycles. The van der Waals surface area contributed by atoms with E-state index in [1.54, 1.807) is 12.3 Å². The SMILES string of the molecule is Cc1ccc(NSc2nc(C(F)(F)F)cs2)c2[nH]cc(C#N)c12. The highest BCUT2D eigenvalue weighted by Crippen LogP contribution is 2.35. The quantitative estimate of drug-likeness (QED) is 0.654. The molecule has 9 heteroatoms. The molecular weight excluding hydrogens is 345 g/mol. The summed E-state index contributed by atoms with van der Waals surface area (Å²) in [6.07, 6.45) is -2.83. The highest BCUT2D eigenvalue weighted by molar-refractivity contribution is 8.02. The maximum atomic E-state index is 12.5. The number of rotatable bonds is 3. The minimum absolute atomic E-state index is 0.262. The lowest BCUT2D eigenvalue weighted by Gasteiger charge is -2.07. The molecule has 2 aromatic heterocycles. The van der Waals surface area contributed by atoms with Crippen molar-refractivity contribution in [1.82, 2.24) is 9.97 Å². The zero-order valence-electron chi connectivity index (χ0n) is 11.7. The number of H-pyrrole nitrogens is 1. The van der Waals surface area contributed by atoms with Crippen molar-refractivity contribution in [2.75, 3.05) is 4.72 Å². The van der Waals surface area contributed by atoms with Crippen LogP contribution < -0.4 is 4.72 Å². The molecule has 0 aliphatic rings. The minimum atomic E-state index is -4.44. The van der Waals surface area contributed by atoms with E-state index in [2.05, 4.69) is 20.8 Å². The Labute approximate surface area is 137 Å². The summed E-state index contributed by atoms with van der Waals surface area (Å²) in [7, 11) is 0. The van der Waals surface area contributed by atoms with Crippen LogP contribution >= 0.6 is 23.3 Å². The second-order valence-corrected chi connectivity index (χ2v) is 6.61. The van der Waals surface area contributed by atoms with Gasteiger partial charge in [0, 0.05) is 28.9 Å². The Morgan fingerprint density at radius 2 is 2.17 bits per heavy atom. The summed E-state index contributed by atoms with van der Waals surface area (Å²) in [5.74, 6) is 0. The molecule has 0 saturated heterocycles. The van der Waals surface area contributed by atoms with Gasteiger partial charge in [0.25, 0.3) is 0 Å². The van der Waals surface area contributed by atoms with E-state index in [-0.39, 0.29) is 4.34 Å². The Balaban J connectivity index is 1.86. The van der Waals surface area contributed by atoms with Gasteiger partial charge in [-0.05, 0) is 18.6 Å². The number of thiazole rings is 1. The number of hydrogen-bond acceptors (Lipinski definition) is 5. The molecule has 0 saturated carbocycles. The van der Waals surface area contributed by atoms with Crippen LogP contribution in [0.15, 0.2) is 28.0 Å². The molecular formula is C14H9F3N4S2. The van der Waals surface area contributed by atoms with E-state index in [9.17, 15) is 13.2 Å². The van der Waals surface area contributed by atoms with Gasteiger partial charge in [-0.25, -0.2) is 4.98 Å². The van der Waals surface area contributed by atoms with Gasteiger partial charge in [0.05, 0.1) is 16.8 Å². The fraction of sp³-hybridized carbons (Fsp3) is 0.143. The normalized spacial score (nSPS) is 11.6. The first-order valence-corrected chi connectivity index (χ1v) is 8.06. The van der Waals surface area contributed by atoms with Crippen molar-refractivity contribution in [3.05, 3.63) is 40.5 Å². The largest absolute Gasteiger partial charge is 0.434 e. The third-order valence-electron chi connectivity index (χ3n) is 3.19. The molecule has 0 aliphatic heterocycles. The molecule has 0 atom stereocenters. The Kier molecular flexibility index (Phi) is 3.95. The standard InChI is InChI=1S/C14H9F3N4S2/c1-7-2-3-9(12-11(7)8(4-18)5-19-12)21-23-13-20-10(6-22-13)14(15,16)17/h2-3,5-6,19,21H,1H3. The van der Waals surface area contributed by atoms with Crippen molar-refractivity contribution in [1.29, 1.82) is 5.26 Å². The molecule has 3 aromatic rings. The van der Waals surface area contributed by atoms with E-state index < -0.39 is 11.9 Å². The van der Waals surface area contributed by atoms with Gasteiger partial charge in [-0.3, -0.25) is 0 Å². The van der Waals surface area contributed by atoms with Crippen molar-refractivity contribution >= 4 is 39.9 Å². The van der Waals surface area contributed by atoms with E-state index in [4.69, 9.17) is 5.26 Å². The lowest BCUT2D eigenvalue weighted by atomic mass is 10.1. The van der Waals surface area contributed by atoms with Gasteiger partial charge in [-0.2, -0.15) is 18.4 Å². The van der Waals surface area contributed by atoms with E-state index in [0.29, 0.717) is 11.3 Å². The molecule has 0 amide bonds. The Morgan fingerprint density at radius 3 is 2.83 bits per heavy atom. The number of alkyl halides is 3. The van der Waals surface area contributed by atoms with Crippen LogP contribution in [0.3, 0.4) is 0 Å². The predicted octanol–water partition coefficient (Wildman–Crippen LogP) is 4.94. The van der Waals surface area contributed by atoms with Crippen LogP contribution in [0.1, 0.15) is 16.8 Å². The predicted molar refractivity (Wildman–Crippen MR) is 84.3 cm³/mol. The number of halogens is 3. The number of fused-ring (bicyclic) bond motifs is 1. The topological polar surface area (TPSA) is 64.5 Å². The van der Waals surface area contributed by atoms with Gasteiger partial charge in [0.1, 0.15) is 6.07 Å². The van der Waals surface area contributed by atoms with Crippen molar-refractivity contribution in [3.8, 4) is 6.07 Å². The zero-order valence-corrected chi connectivity index (χ0v) is 13.3. The van der Waals surface area contributed by atoms with Gasteiger partial charge in [-0.1, -0.05) is 6.07 Å². The highest BCUT2D eigenvalue weighted by Gasteiger charge is 2.33. The third-order valence-corrected chi connectivity index (χ3v) is 4.95. The van der Waals surface area contributed by atoms with Gasteiger partial charge >= 0.3 is 6.18 Å². The number of benzene rings is 1. The van der Waals surface area contributed by atoms with E-state index >= 15 is 0 Å². The van der Waals surface area contributed by atoms with E-state index in [1.807, 2.05) is 13.0 Å². The first kappa shape index (κ1) is 15.7. The first-order valence-electron chi connectivity index (χ1n) is 6.36. The van der Waals surface area contributed by atoms with Crippen molar-refractivity contribution in [2.45, 2.75) is 17.4 Å². The minimum Gasteiger partial charge on any atom is -0.358 e. The maximum absolute atomic E-state index is 12.5. The fourth-order valence-electron chi connectivity index (χ4n) is 2.13. The maximum Gasteiger partial charge on any atom is 0.434 e. The molecule has 23 heavy (non-hydrogen) atoms. The van der Waals surface area contributed by atoms with E-state index in [1.165, 1.54) is 0 Å². The van der Waals surface area contributed by atoms with Crippen LogP contribution in [0.2, 0.25) is 0 Å². The number of aryl methyl sites for hydroxylation is 1. The van der Waals surface area contributed by atoms with Crippen LogP contribution in [0.25, 0.3) is 10.9 Å². The number of hydrogen-bond donors (Lipinski definition) is 2. The van der Waals surface area contributed by atoms with Crippen LogP contribution in [-0.4, -0.2) is 9.97 Å². The summed E-state index contributed by atoms with van der Waals surface area (Å²) in [5.41, 5.74) is 2.00. The summed E-state index contributed by atoms with van der Waals surface area (Å²) in [6.45, 7) is 1.89. The monoisotopic (exact) mass is 354 g/mol. The first-order chi connectivity index (χ1) is 10.9. The Hall–Kier alpha value is -2.18. The molecule has 2 heterocycles. The third kappa shape index (κ3) is 3.00. The number of aromatic amines is 1. The lowest BCUT2D eigenvalue weighted by Crippen LogP contribution is -2.04. The molecule has 4 nitrogen and oxygen atoms in total. The summed E-state index contributed by atoms with van der Waals surface area (Å²) < 4.78 is 40.9. The number of nitrogens with zero attached hydrogens (tertiary/aromatic N) is 2. The summed E-state index contributed by atoms with van der Waals surface area (Å²) in [4.78, 5) is 6.57. The van der Waals surface area contributed by atoms with Gasteiger partial charge in [0.2, 0.25) is 0 Å². The van der Waals surface area contributed by atoms with E-state index in [0.717, 1.165) is 45.1 Å². The smallest absolute Gasteiger partial charge is 0.358 e. The molecule has 2 N–H and O–H groups in total. The summed E-state index contributed by atoms with van der Waals surface area (Å²) in [6, 6.07) is 5.77. The Morgan fingerprint density at radius 1 is 1.39 bits per heavy atom. The van der Waals surface area contributed by atoms with Gasteiger partial charge in [-0.15, -0.1) is 11.3 Å². The van der Waals surface area contributed by atoms with Crippen molar-refractivity contribution in [3.63, 3.8) is 0 Å². The highest BCUT2D eigenvalue weighted by atomic mass is 32.2. The zero-order chi connectivity index (χ0) is 16.6. The van der Waals surface area contributed by atoms with Crippen molar-refractivity contribution < 1.29 is 13.2 Å². The van der Waals surface area contributed by atoms with Gasteiger partial charge in [0.15, 0.2) is 10.0 Å². The molecule has 0 fully saturated rings. The molecule has 118 valence electrons. The number of anilines is 1. The second kappa shape index (κ2) is 5.79. The molecule has 0 bridgehead atoms. The molecule has 3 rings (SSSR count). The van der Waals surface area contributed by atoms with Gasteiger partial charge < -0.3 is 9.71 Å². The molecule has 0 radical (unpaired) electrons. The average Bonchev–Trinajstić information content (AvgIpc) is 3.13.